The van der Waals surface area contributed by atoms with Gasteiger partial charge in [0.05, 0.1) is 12.0 Å². The van der Waals surface area contributed by atoms with Crippen molar-refractivity contribution in [2.45, 2.75) is 58.4 Å². The molecule has 0 unspecified atom stereocenters. The Hall–Kier alpha value is -1.36. The zero-order valence-electron chi connectivity index (χ0n) is 12.5. The maximum absolute atomic E-state index is 12.1. The highest BCUT2D eigenvalue weighted by Crippen LogP contribution is 2.39. The van der Waals surface area contributed by atoms with Crippen molar-refractivity contribution >= 4 is 23.2 Å². The van der Waals surface area contributed by atoms with E-state index in [4.69, 9.17) is 0 Å². The van der Waals surface area contributed by atoms with Crippen molar-refractivity contribution in [3.8, 4) is 0 Å². The van der Waals surface area contributed by atoms with Crippen molar-refractivity contribution < 1.29 is 14.7 Å². The van der Waals surface area contributed by atoms with Crippen molar-refractivity contribution in [1.29, 1.82) is 0 Å². The van der Waals surface area contributed by atoms with Gasteiger partial charge in [0.25, 0.3) is 0 Å². The summed E-state index contributed by atoms with van der Waals surface area (Å²) in [5, 5.41) is 12.4. The minimum Gasteiger partial charge on any atom is -0.481 e. The third-order valence-corrected chi connectivity index (χ3v) is 5.52. The van der Waals surface area contributed by atoms with Gasteiger partial charge < -0.3 is 10.4 Å². The van der Waals surface area contributed by atoms with E-state index in [1.54, 1.807) is 11.3 Å². The van der Waals surface area contributed by atoms with Crippen LogP contribution in [0.15, 0.2) is 12.1 Å². The monoisotopic (exact) mass is 309 g/mol. The number of aliphatic carboxylic acids is 1. The Morgan fingerprint density at radius 3 is 2.48 bits per heavy atom. The molecule has 1 saturated carbocycles. The number of carbonyl (C=O) groups excluding carboxylic acids is 1. The average Bonchev–Trinajstić information content (AvgIpc) is 2.94. The molecule has 0 spiro atoms. The predicted molar refractivity (Wildman–Crippen MR) is 83.3 cm³/mol. The number of rotatable bonds is 6. The fourth-order valence-electron chi connectivity index (χ4n) is 2.96. The Morgan fingerprint density at radius 1 is 1.24 bits per heavy atom. The molecule has 1 heterocycles. The van der Waals surface area contributed by atoms with Crippen LogP contribution in [0, 0.1) is 5.41 Å². The van der Waals surface area contributed by atoms with Crippen LogP contribution >= 0.6 is 11.3 Å². The van der Waals surface area contributed by atoms with Gasteiger partial charge in [0.2, 0.25) is 5.91 Å². The lowest BCUT2D eigenvalue weighted by Gasteiger charge is -2.32. The first-order chi connectivity index (χ1) is 10.1. The quantitative estimate of drug-likeness (QED) is 0.847. The summed E-state index contributed by atoms with van der Waals surface area (Å²) in [6.45, 7) is 2.60. The topological polar surface area (TPSA) is 66.4 Å². The Kier molecular flexibility index (Phi) is 5.39. The van der Waals surface area contributed by atoms with E-state index in [0.29, 0.717) is 19.4 Å². The summed E-state index contributed by atoms with van der Waals surface area (Å²) in [5.74, 6) is -0.965. The largest absolute Gasteiger partial charge is 0.481 e. The molecule has 21 heavy (non-hydrogen) atoms. The molecule has 1 aromatic heterocycles. The normalized spacial score (nSPS) is 17.4. The molecule has 0 atom stereocenters. The number of amides is 1. The summed E-state index contributed by atoms with van der Waals surface area (Å²) in [7, 11) is 0. The van der Waals surface area contributed by atoms with E-state index in [-0.39, 0.29) is 12.3 Å². The smallest absolute Gasteiger partial charge is 0.310 e. The van der Waals surface area contributed by atoms with E-state index < -0.39 is 11.4 Å². The van der Waals surface area contributed by atoms with E-state index in [9.17, 15) is 14.7 Å². The van der Waals surface area contributed by atoms with Crippen LogP contribution in [0.2, 0.25) is 0 Å². The second-order valence-corrected chi connectivity index (χ2v) is 7.07. The molecule has 5 heteroatoms. The number of aryl methyl sites for hydroxylation is 1. The molecule has 2 rings (SSSR count). The summed E-state index contributed by atoms with van der Waals surface area (Å²) in [5.41, 5.74) is -0.841. The number of nitrogens with one attached hydrogen (secondary N) is 1. The molecule has 1 aromatic rings. The van der Waals surface area contributed by atoms with Crippen LogP contribution in [-0.2, 0) is 22.6 Å². The summed E-state index contributed by atoms with van der Waals surface area (Å²) in [4.78, 5) is 26.1. The van der Waals surface area contributed by atoms with Crippen LogP contribution in [0.4, 0.5) is 0 Å². The average molecular weight is 309 g/mol. The third-order valence-electron chi connectivity index (χ3n) is 4.29. The molecule has 0 aromatic carbocycles. The van der Waals surface area contributed by atoms with Gasteiger partial charge in [0, 0.05) is 16.2 Å². The van der Waals surface area contributed by atoms with Gasteiger partial charge in [0.1, 0.15) is 0 Å². The van der Waals surface area contributed by atoms with Gasteiger partial charge >= 0.3 is 5.97 Å². The van der Waals surface area contributed by atoms with Gasteiger partial charge in [-0.1, -0.05) is 26.2 Å². The highest BCUT2D eigenvalue weighted by atomic mass is 32.1. The first-order valence-electron chi connectivity index (χ1n) is 7.63. The zero-order valence-corrected chi connectivity index (χ0v) is 13.3. The van der Waals surface area contributed by atoms with E-state index in [1.807, 2.05) is 6.07 Å². The minimum atomic E-state index is -0.841. The fraction of sp³-hybridized carbons (Fsp3) is 0.625. The second-order valence-electron chi connectivity index (χ2n) is 5.82. The molecule has 1 fully saturated rings. The molecule has 2 N–H and O–H groups in total. The minimum absolute atomic E-state index is 0.105. The SMILES string of the molecule is CCc1ccc(CNC(=O)CC2(C(=O)O)CCCCC2)s1. The van der Waals surface area contributed by atoms with Crippen molar-refractivity contribution in [2.24, 2.45) is 5.41 Å². The first kappa shape index (κ1) is 16.0. The lowest BCUT2D eigenvalue weighted by atomic mass is 9.71. The molecule has 0 radical (unpaired) electrons. The number of carbonyl (C=O) groups is 2. The van der Waals surface area contributed by atoms with Crippen LogP contribution < -0.4 is 5.32 Å². The number of carboxylic acid groups (broad SMARTS) is 1. The molecule has 1 amide bonds. The van der Waals surface area contributed by atoms with E-state index in [2.05, 4.69) is 18.3 Å². The summed E-state index contributed by atoms with van der Waals surface area (Å²) >= 11 is 1.70. The summed E-state index contributed by atoms with van der Waals surface area (Å²) in [6.07, 6.45) is 5.24. The zero-order chi connectivity index (χ0) is 15.3. The van der Waals surface area contributed by atoms with Crippen molar-refractivity contribution in [3.05, 3.63) is 21.9 Å². The molecular formula is C16H23NO3S. The maximum Gasteiger partial charge on any atom is 0.310 e. The summed E-state index contributed by atoms with van der Waals surface area (Å²) in [6, 6.07) is 4.10. The van der Waals surface area contributed by atoms with Crippen LogP contribution in [0.3, 0.4) is 0 Å². The van der Waals surface area contributed by atoms with Crippen molar-refractivity contribution in [2.75, 3.05) is 0 Å². The lowest BCUT2D eigenvalue weighted by molar-refractivity contribution is -0.154. The fourth-order valence-corrected chi connectivity index (χ4v) is 3.86. The Labute approximate surface area is 129 Å². The van der Waals surface area contributed by atoms with Crippen LogP contribution in [0.5, 0.6) is 0 Å². The Balaban J connectivity index is 1.89. The van der Waals surface area contributed by atoms with E-state index in [0.717, 1.165) is 30.6 Å². The van der Waals surface area contributed by atoms with Crippen LogP contribution in [0.25, 0.3) is 0 Å². The molecule has 1 aliphatic rings. The van der Waals surface area contributed by atoms with E-state index in [1.165, 1.54) is 4.88 Å². The van der Waals surface area contributed by atoms with Gasteiger partial charge in [-0.05, 0) is 31.4 Å². The number of hydrogen-bond acceptors (Lipinski definition) is 3. The maximum atomic E-state index is 12.1. The van der Waals surface area contributed by atoms with Gasteiger partial charge in [-0.2, -0.15) is 0 Å². The standard InChI is InChI=1S/C16H23NO3S/c1-2-12-6-7-13(21-12)11-17-14(18)10-16(15(19)20)8-4-3-5-9-16/h6-7H,2-5,8-11H2,1H3,(H,17,18)(H,19,20). The van der Waals surface area contributed by atoms with Crippen molar-refractivity contribution in [3.63, 3.8) is 0 Å². The van der Waals surface area contributed by atoms with Gasteiger partial charge in [0.15, 0.2) is 0 Å². The molecule has 0 aliphatic heterocycles. The Morgan fingerprint density at radius 2 is 1.90 bits per heavy atom. The lowest BCUT2D eigenvalue weighted by Crippen LogP contribution is -2.38. The van der Waals surface area contributed by atoms with Gasteiger partial charge in [-0.3, -0.25) is 9.59 Å². The molecule has 116 valence electrons. The van der Waals surface area contributed by atoms with Crippen LogP contribution in [-0.4, -0.2) is 17.0 Å². The van der Waals surface area contributed by atoms with Crippen molar-refractivity contribution in [1.82, 2.24) is 5.32 Å². The molecule has 4 nitrogen and oxygen atoms in total. The van der Waals surface area contributed by atoms with E-state index >= 15 is 0 Å². The predicted octanol–water partition coefficient (Wildman–Crippen LogP) is 3.35. The first-order valence-corrected chi connectivity index (χ1v) is 8.45. The second kappa shape index (κ2) is 7.07. The molecule has 0 bridgehead atoms. The van der Waals surface area contributed by atoms with Gasteiger partial charge in [-0.15, -0.1) is 11.3 Å². The Bertz CT molecular complexity index is 503. The van der Waals surface area contributed by atoms with Crippen LogP contribution in [0.1, 0.15) is 55.2 Å². The number of thiophene rings is 1. The van der Waals surface area contributed by atoms with Gasteiger partial charge in [-0.25, -0.2) is 0 Å². The third kappa shape index (κ3) is 4.06. The number of carboxylic acids is 1. The highest BCUT2D eigenvalue weighted by molar-refractivity contribution is 7.11. The molecule has 1 aliphatic carbocycles. The highest BCUT2D eigenvalue weighted by Gasteiger charge is 2.41. The molecular weight excluding hydrogens is 286 g/mol. The number of hydrogen-bond donors (Lipinski definition) is 2. The molecule has 0 saturated heterocycles. The summed E-state index contributed by atoms with van der Waals surface area (Å²) < 4.78 is 0.